The van der Waals surface area contributed by atoms with Gasteiger partial charge >= 0.3 is 5.63 Å². The van der Waals surface area contributed by atoms with Crippen LogP contribution < -0.4 is 5.63 Å². The van der Waals surface area contributed by atoms with Gasteiger partial charge in [0.1, 0.15) is 17.0 Å². The van der Waals surface area contributed by atoms with Crippen molar-refractivity contribution in [3.63, 3.8) is 0 Å². The first-order valence-electron chi connectivity index (χ1n) is 9.23. The first kappa shape index (κ1) is 18.7. The van der Waals surface area contributed by atoms with Crippen molar-refractivity contribution in [2.24, 2.45) is 9.98 Å². The minimum Gasteiger partial charge on any atom is -0.422 e. The van der Waals surface area contributed by atoms with E-state index in [1.165, 1.54) is 6.07 Å². The maximum absolute atomic E-state index is 13.0. The molecule has 146 valence electrons. The Morgan fingerprint density at radius 3 is 2.80 bits per heavy atom. The molecule has 0 unspecified atom stereocenters. The average Bonchev–Trinajstić information content (AvgIpc) is 2.89. The molecule has 5 rings (SSSR count). The topological polar surface area (TPSA) is 75.2 Å². The van der Waals surface area contributed by atoms with Gasteiger partial charge in [0.25, 0.3) is 5.91 Å². The number of para-hydroxylation sites is 1. The third-order valence-corrected chi connectivity index (χ3v) is 5.50. The standard InChI is InChI=1S/C23H14IN3O3/c24-16-9-10-20-25-21(17-7-3-1-6-15(17)12-27(20)13-16)26-22(28)18-11-14-5-2-4-8-19(14)30-23(18)29/h1-11,13H,12H2. The number of fused-ring (bicyclic) bond motifs is 3. The summed E-state index contributed by atoms with van der Waals surface area (Å²) in [5.41, 5.74) is 1.35. The Balaban J connectivity index is 1.64. The molecule has 0 N–H and O–H groups in total. The van der Waals surface area contributed by atoms with Crippen LogP contribution in [0, 0.1) is 0 Å². The highest BCUT2D eigenvalue weighted by Gasteiger charge is 2.22. The summed E-state index contributed by atoms with van der Waals surface area (Å²) in [6.45, 7) is 0.608. The molecule has 1 aromatic heterocycles. The molecule has 0 fully saturated rings. The van der Waals surface area contributed by atoms with Gasteiger partial charge in [-0.3, -0.25) is 4.79 Å². The molecular weight excluding hydrogens is 493 g/mol. The molecular formula is C23H14IN3O3. The Hall–Kier alpha value is -3.33. The van der Waals surface area contributed by atoms with Crippen LogP contribution in [-0.4, -0.2) is 22.5 Å². The molecule has 0 bridgehead atoms. The first-order valence-corrected chi connectivity index (χ1v) is 10.3. The second-order valence-electron chi connectivity index (χ2n) is 6.83. The molecule has 0 saturated heterocycles. The van der Waals surface area contributed by atoms with E-state index in [4.69, 9.17) is 4.42 Å². The number of benzene rings is 2. The molecule has 2 aromatic carbocycles. The van der Waals surface area contributed by atoms with Gasteiger partial charge < -0.3 is 9.32 Å². The van der Waals surface area contributed by atoms with Crippen LogP contribution in [0.1, 0.15) is 21.5 Å². The predicted molar refractivity (Wildman–Crippen MR) is 124 cm³/mol. The minimum absolute atomic E-state index is 0.117. The van der Waals surface area contributed by atoms with E-state index in [-0.39, 0.29) is 11.4 Å². The van der Waals surface area contributed by atoms with Gasteiger partial charge in [-0.25, -0.2) is 9.79 Å². The van der Waals surface area contributed by atoms with E-state index in [1.54, 1.807) is 18.2 Å². The lowest BCUT2D eigenvalue weighted by atomic mass is 10.1. The van der Waals surface area contributed by atoms with Crippen molar-refractivity contribution in [1.29, 1.82) is 0 Å². The van der Waals surface area contributed by atoms with Gasteiger partial charge in [-0.2, -0.15) is 4.99 Å². The van der Waals surface area contributed by atoms with Gasteiger partial charge in [0, 0.05) is 27.3 Å². The molecule has 3 aromatic rings. The largest absolute Gasteiger partial charge is 0.422 e. The van der Waals surface area contributed by atoms with Gasteiger partial charge in [-0.15, -0.1) is 0 Å². The van der Waals surface area contributed by atoms with Crippen molar-refractivity contribution in [3.05, 3.63) is 104 Å². The SMILES string of the molecule is O=C(N=C1N=C2C=CC(I)=CN2Cc2ccccc21)c1cc2ccccc2oc1=O. The fraction of sp³-hybridized carbons (Fsp3) is 0.0435. The summed E-state index contributed by atoms with van der Waals surface area (Å²) in [6.07, 6.45) is 5.83. The quantitative estimate of drug-likeness (QED) is 0.361. The second kappa shape index (κ2) is 7.49. The van der Waals surface area contributed by atoms with E-state index >= 15 is 0 Å². The van der Waals surface area contributed by atoms with Crippen molar-refractivity contribution in [2.45, 2.75) is 6.54 Å². The number of aliphatic imine (C=N–C) groups is 2. The van der Waals surface area contributed by atoms with Gasteiger partial charge in [0.05, 0.1) is 0 Å². The fourth-order valence-corrected chi connectivity index (χ4v) is 3.93. The lowest BCUT2D eigenvalue weighted by Crippen LogP contribution is -2.25. The van der Waals surface area contributed by atoms with Crippen LogP contribution in [0.3, 0.4) is 0 Å². The number of amides is 1. The van der Waals surface area contributed by atoms with E-state index in [1.807, 2.05) is 53.6 Å². The molecule has 6 nitrogen and oxygen atoms in total. The van der Waals surface area contributed by atoms with Gasteiger partial charge in [-0.05, 0) is 52.4 Å². The summed E-state index contributed by atoms with van der Waals surface area (Å²) in [5, 5.41) is 0.661. The van der Waals surface area contributed by atoms with Crippen LogP contribution in [0.4, 0.5) is 0 Å². The number of amidine groups is 2. The monoisotopic (exact) mass is 507 g/mol. The van der Waals surface area contributed by atoms with Crippen molar-refractivity contribution < 1.29 is 9.21 Å². The Bertz CT molecular complexity index is 1380. The number of rotatable bonds is 1. The highest BCUT2D eigenvalue weighted by Crippen LogP contribution is 2.24. The maximum Gasteiger partial charge on any atom is 0.349 e. The van der Waals surface area contributed by atoms with Crippen LogP contribution in [0.25, 0.3) is 11.0 Å². The zero-order valence-electron chi connectivity index (χ0n) is 15.6. The zero-order chi connectivity index (χ0) is 20.7. The van der Waals surface area contributed by atoms with Crippen molar-refractivity contribution >= 4 is 51.1 Å². The number of halogens is 1. The Kier molecular flexibility index (Phi) is 4.66. The molecule has 0 aliphatic carbocycles. The van der Waals surface area contributed by atoms with E-state index in [9.17, 15) is 9.59 Å². The molecule has 1 amide bonds. The summed E-state index contributed by atoms with van der Waals surface area (Å²) in [5.74, 6) is 0.279. The number of carbonyl (C=O) groups is 1. The smallest absolute Gasteiger partial charge is 0.349 e. The molecule has 2 aliphatic heterocycles. The lowest BCUT2D eigenvalue weighted by molar-refractivity contribution is 0.0999. The second-order valence-corrected chi connectivity index (χ2v) is 8.07. The minimum atomic E-state index is -0.714. The van der Waals surface area contributed by atoms with Crippen LogP contribution >= 0.6 is 22.6 Å². The van der Waals surface area contributed by atoms with Gasteiger partial charge in [-0.1, -0.05) is 42.5 Å². The number of allylic oxidation sites excluding steroid dienone is 2. The summed E-state index contributed by atoms with van der Waals surface area (Å²) in [4.78, 5) is 36.2. The molecule has 7 heteroatoms. The number of hydrogen-bond donors (Lipinski definition) is 0. The highest BCUT2D eigenvalue weighted by atomic mass is 127. The van der Waals surface area contributed by atoms with Crippen molar-refractivity contribution in [1.82, 2.24) is 4.90 Å². The zero-order valence-corrected chi connectivity index (χ0v) is 17.7. The third-order valence-electron chi connectivity index (χ3n) is 4.86. The van der Waals surface area contributed by atoms with E-state index in [0.29, 0.717) is 23.3 Å². The molecule has 30 heavy (non-hydrogen) atoms. The fourth-order valence-electron chi connectivity index (χ4n) is 3.42. The van der Waals surface area contributed by atoms with Crippen LogP contribution in [0.5, 0.6) is 0 Å². The predicted octanol–water partition coefficient (Wildman–Crippen LogP) is 4.44. The Morgan fingerprint density at radius 2 is 1.90 bits per heavy atom. The number of carbonyl (C=O) groups excluding carboxylic acids is 1. The number of hydrogen-bond acceptors (Lipinski definition) is 4. The van der Waals surface area contributed by atoms with E-state index in [2.05, 4.69) is 32.6 Å². The molecule has 0 radical (unpaired) electrons. The highest BCUT2D eigenvalue weighted by molar-refractivity contribution is 14.1. The van der Waals surface area contributed by atoms with Crippen molar-refractivity contribution in [2.75, 3.05) is 0 Å². The average molecular weight is 507 g/mol. The van der Waals surface area contributed by atoms with E-state index < -0.39 is 11.5 Å². The Morgan fingerprint density at radius 1 is 1.10 bits per heavy atom. The van der Waals surface area contributed by atoms with Gasteiger partial charge in [0.2, 0.25) is 0 Å². The normalized spacial score (nSPS) is 16.6. The maximum atomic E-state index is 13.0. The van der Waals surface area contributed by atoms with E-state index in [0.717, 1.165) is 14.7 Å². The number of nitrogens with zero attached hydrogens (tertiary/aromatic N) is 3. The van der Waals surface area contributed by atoms with Crippen LogP contribution in [-0.2, 0) is 6.54 Å². The van der Waals surface area contributed by atoms with Crippen molar-refractivity contribution in [3.8, 4) is 0 Å². The first-order chi connectivity index (χ1) is 14.6. The van der Waals surface area contributed by atoms with Gasteiger partial charge in [0.15, 0.2) is 5.84 Å². The summed E-state index contributed by atoms with van der Waals surface area (Å²) in [6, 6.07) is 16.2. The molecule has 0 saturated carbocycles. The molecule has 0 spiro atoms. The molecule has 0 atom stereocenters. The summed E-state index contributed by atoms with van der Waals surface area (Å²) >= 11 is 2.25. The van der Waals surface area contributed by atoms with Crippen LogP contribution in [0.15, 0.2) is 95.7 Å². The molecule has 2 aliphatic rings. The third kappa shape index (κ3) is 3.41. The molecule has 3 heterocycles. The Labute approximate surface area is 185 Å². The summed E-state index contributed by atoms with van der Waals surface area (Å²) in [7, 11) is 0. The lowest BCUT2D eigenvalue weighted by Gasteiger charge is -2.21. The summed E-state index contributed by atoms with van der Waals surface area (Å²) < 4.78 is 6.36. The van der Waals surface area contributed by atoms with Crippen LogP contribution in [0.2, 0.25) is 0 Å².